The van der Waals surface area contributed by atoms with Gasteiger partial charge in [-0.05, 0) is 157 Å². The first-order valence-electron chi connectivity index (χ1n) is 37.9. The van der Waals surface area contributed by atoms with E-state index >= 15 is 0 Å². The van der Waals surface area contributed by atoms with Crippen LogP contribution in [0.25, 0.3) is 0 Å². The highest BCUT2D eigenvalue weighted by Gasteiger charge is 2.46. The molecule has 0 amide bonds. The van der Waals surface area contributed by atoms with Gasteiger partial charge in [-0.3, -0.25) is 9.98 Å². The van der Waals surface area contributed by atoms with Crippen LogP contribution in [0.2, 0.25) is 0 Å². The predicted molar refractivity (Wildman–Crippen MR) is 409 cm³/mol. The third-order valence-corrected chi connectivity index (χ3v) is 19.4. The number of benzene rings is 5. The van der Waals surface area contributed by atoms with Crippen molar-refractivity contribution in [3.05, 3.63) is 146 Å². The molecule has 0 unspecified atom stereocenters. The van der Waals surface area contributed by atoms with Gasteiger partial charge in [0.15, 0.2) is 0 Å². The molecule has 534 valence electrons. The largest absolute Gasteiger partial charge is 0.507 e. The maximum atomic E-state index is 14.4. The van der Waals surface area contributed by atoms with Crippen molar-refractivity contribution in [2.45, 2.75) is 331 Å². The number of aliphatic hydroxyl groups is 2. The average molecular weight is 1320 g/mol. The molecule has 5 rings (SSSR count). The zero-order valence-corrected chi connectivity index (χ0v) is 64.1. The van der Waals surface area contributed by atoms with Crippen LogP contribution >= 0.6 is 0 Å². The number of ether oxygens (including phenoxy) is 4. The third-order valence-electron chi connectivity index (χ3n) is 19.4. The smallest absolute Gasteiger partial charge is 0.144 e. The average Bonchev–Trinajstić information content (AvgIpc) is 0.749. The molecule has 0 aromatic heterocycles. The van der Waals surface area contributed by atoms with Crippen LogP contribution in [0.5, 0.6) is 28.7 Å². The number of aromatic hydroxyl groups is 1. The zero-order chi connectivity index (χ0) is 70.7. The fraction of sp³-hybridized carbons (Fsp3) is 0.632. The number of aliphatic imine (C=N–C) groups is 2. The number of hydrogen-bond donors (Lipinski definition) is 3. The van der Waals surface area contributed by atoms with E-state index in [1.165, 1.54) is 77.0 Å². The maximum absolute atomic E-state index is 14.4. The van der Waals surface area contributed by atoms with E-state index in [1.54, 1.807) is 12.4 Å². The molecule has 0 spiro atoms. The molecule has 0 heterocycles. The van der Waals surface area contributed by atoms with Gasteiger partial charge in [-0.15, -0.1) is 0 Å². The second-order valence-corrected chi connectivity index (χ2v) is 32.0. The Labute approximate surface area is 585 Å². The Hall–Kier alpha value is -5.64. The van der Waals surface area contributed by atoms with E-state index in [-0.39, 0.29) is 27.4 Å². The summed E-state index contributed by atoms with van der Waals surface area (Å²) in [6.45, 7) is 43.3. The minimum absolute atomic E-state index is 0.0228. The van der Waals surface area contributed by atoms with Gasteiger partial charge in [-0.25, -0.2) is 0 Å². The summed E-state index contributed by atoms with van der Waals surface area (Å²) in [6, 6.07) is 27.3. The number of hydrogen-bond acceptors (Lipinski definition) is 9. The lowest BCUT2D eigenvalue weighted by Gasteiger charge is -2.37. The number of unbranched alkanes of at least 4 members (excludes halogenated alkanes) is 20. The van der Waals surface area contributed by atoms with Crippen molar-refractivity contribution in [2.75, 3.05) is 26.4 Å². The highest BCUT2D eigenvalue weighted by Crippen LogP contribution is 2.49. The van der Waals surface area contributed by atoms with Crippen LogP contribution < -0.4 is 18.9 Å². The van der Waals surface area contributed by atoms with E-state index in [1.807, 2.05) is 57.2 Å². The monoisotopic (exact) mass is 1320 g/mol. The van der Waals surface area contributed by atoms with Gasteiger partial charge in [0.1, 0.15) is 39.9 Å². The summed E-state index contributed by atoms with van der Waals surface area (Å²) >= 11 is 0. The summed E-state index contributed by atoms with van der Waals surface area (Å²) in [5.41, 5.74) is 3.88. The Kier molecular flexibility index (Phi) is 32.6. The highest BCUT2D eigenvalue weighted by molar-refractivity contribution is 5.92. The summed E-state index contributed by atoms with van der Waals surface area (Å²) in [5, 5.41) is 41.4. The molecule has 3 N–H and O–H groups in total. The van der Waals surface area contributed by atoms with Crippen molar-refractivity contribution >= 4 is 12.4 Å². The Balaban J connectivity index is 1.73. The maximum Gasteiger partial charge on any atom is 0.144 e. The molecule has 0 saturated carbocycles. The summed E-state index contributed by atoms with van der Waals surface area (Å²) < 4.78 is 27.4. The van der Waals surface area contributed by atoms with Gasteiger partial charge in [-0.1, -0.05) is 263 Å². The number of aryl methyl sites for hydroxylation is 1. The minimum Gasteiger partial charge on any atom is -0.507 e. The van der Waals surface area contributed by atoms with Crippen molar-refractivity contribution in [1.82, 2.24) is 0 Å². The Bertz CT molecular complexity index is 2800. The van der Waals surface area contributed by atoms with E-state index in [2.05, 4.69) is 159 Å². The standard InChI is InChI=1S/C87H134N2O7/c1-20-24-28-32-36-40-52-93-77-48-44-69(82(8,9)10)58-73(77)86(91,74-59-70(83(11,12)13)45-49-78(74)94-53-41-37-33-29-25-21-2)65(6)88-62-67-56-64(5)57-68(81(67)90)63-89-66(7)87(92,75-60-71(84(14,15)16)46-50-79(75)95-54-42-38-34-30-26-22-3)76-61-72(85(17,18)19)47-51-80(76)96-55-43-39-35-31-27-23-4/h44-51,56-63,65-66,90-92H,20-43,52-55H2,1-19H3/t65-,66-/m0/s1. The topological polar surface area (TPSA) is 122 Å². The molecule has 0 fully saturated rings. The van der Waals surface area contributed by atoms with Crippen molar-refractivity contribution in [1.29, 1.82) is 0 Å². The van der Waals surface area contributed by atoms with Gasteiger partial charge in [0.2, 0.25) is 0 Å². The number of phenols is 1. The molecule has 0 aliphatic carbocycles. The van der Waals surface area contributed by atoms with Crippen molar-refractivity contribution in [3.8, 4) is 28.7 Å². The van der Waals surface area contributed by atoms with Crippen LogP contribution in [0.4, 0.5) is 0 Å². The lowest BCUT2D eigenvalue weighted by atomic mass is 9.75. The second-order valence-electron chi connectivity index (χ2n) is 32.0. The highest BCUT2D eigenvalue weighted by atomic mass is 16.5. The molecule has 0 aliphatic heterocycles. The summed E-state index contributed by atoms with van der Waals surface area (Å²) in [4.78, 5) is 10.7. The number of rotatable bonds is 42. The van der Waals surface area contributed by atoms with Crippen molar-refractivity contribution in [2.24, 2.45) is 9.98 Å². The van der Waals surface area contributed by atoms with Gasteiger partial charge in [0.05, 0.1) is 38.5 Å². The quantitative estimate of drug-likeness (QED) is 0.0263. The molecule has 0 saturated heterocycles. The molecule has 9 nitrogen and oxygen atoms in total. The van der Waals surface area contributed by atoms with Crippen LogP contribution in [-0.2, 0) is 32.9 Å². The number of nitrogens with zero attached hydrogens (tertiary/aromatic N) is 2. The van der Waals surface area contributed by atoms with E-state index in [9.17, 15) is 15.3 Å². The van der Waals surface area contributed by atoms with Gasteiger partial charge in [0.25, 0.3) is 0 Å². The van der Waals surface area contributed by atoms with E-state index < -0.39 is 23.3 Å². The lowest BCUT2D eigenvalue weighted by molar-refractivity contribution is 0.0516. The van der Waals surface area contributed by atoms with E-state index in [0.717, 1.165) is 105 Å². The molecule has 96 heavy (non-hydrogen) atoms. The summed E-state index contributed by atoms with van der Waals surface area (Å²) in [5.74, 6) is 2.42. The molecule has 0 radical (unpaired) electrons. The Morgan fingerprint density at radius 1 is 0.344 bits per heavy atom. The van der Waals surface area contributed by atoms with Crippen LogP contribution in [0.15, 0.2) is 94.9 Å². The molecule has 0 bridgehead atoms. The molecule has 2 atom stereocenters. The van der Waals surface area contributed by atoms with Gasteiger partial charge < -0.3 is 34.3 Å². The summed E-state index contributed by atoms with van der Waals surface area (Å²) in [6.07, 6.45) is 30.4. The first-order chi connectivity index (χ1) is 45.5. The zero-order valence-electron chi connectivity index (χ0n) is 64.1. The summed E-state index contributed by atoms with van der Waals surface area (Å²) in [7, 11) is 0. The first-order valence-corrected chi connectivity index (χ1v) is 37.9. The van der Waals surface area contributed by atoms with Crippen LogP contribution in [0, 0.1) is 6.92 Å². The molecule has 0 aliphatic rings. The molecule has 9 heteroatoms. The fourth-order valence-corrected chi connectivity index (χ4v) is 12.8. The normalized spacial score (nSPS) is 13.5. The van der Waals surface area contributed by atoms with E-state index in [0.29, 0.717) is 82.8 Å². The lowest BCUT2D eigenvalue weighted by Crippen LogP contribution is -2.39. The minimum atomic E-state index is -1.79. The van der Waals surface area contributed by atoms with Gasteiger partial charge in [-0.2, -0.15) is 0 Å². The SMILES string of the molecule is CCCCCCCCOc1ccc(C(C)(C)C)cc1C(O)(c1cc(C(C)(C)C)ccc1OCCCCCCCC)[C@H](C)N=Cc1cc(C)cc(C=N[C@@H](C)C(O)(c2cc(C(C)(C)C)ccc2OCCCCCCCC)c2cc(C(C)(C)C)ccc2OCCCCCCCC)c1O. The predicted octanol–water partition coefficient (Wildman–Crippen LogP) is 23.3. The molecular weight excluding hydrogens is 1180 g/mol. The number of phenolic OH excluding ortho intramolecular Hbond substituents is 1. The van der Waals surface area contributed by atoms with Crippen molar-refractivity contribution in [3.63, 3.8) is 0 Å². The molecule has 5 aromatic carbocycles. The first kappa shape index (κ1) is 81.0. The fourth-order valence-electron chi connectivity index (χ4n) is 12.8. The van der Waals surface area contributed by atoms with E-state index in [4.69, 9.17) is 28.9 Å². The van der Waals surface area contributed by atoms with Gasteiger partial charge >= 0.3 is 0 Å². The Morgan fingerprint density at radius 2 is 0.562 bits per heavy atom. The van der Waals surface area contributed by atoms with Crippen LogP contribution in [0.1, 0.15) is 340 Å². The second kappa shape index (κ2) is 38.6. The van der Waals surface area contributed by atoms with Crippen LogP contribution in [-0.4, -0.2) is 66.3 Å². The van der Waals surface area contributed by atoms with Gasteiger partial charge in [0, 0.05) is 45.8 Å². The van der Waals surface area contributed by atoms with Crippen LogP contribution in [0.3, 0.4) is 0 Å². The van der Waals surface area contributed by atoms with Crippen molar-refractivity contribution < 1.29 is 34.3 Å². The third kappa shape index (κ3) is 23.8. The molecule has 5 aromatic rings. The molecular formula is C87H134N2O7. The Morgan fingerprint density at radius 3 is 0.781 bits per heavy atom.